The maximum atomic E-state index is 12.5. The fraction of sp³-hybridized carbons (Fsp3) is 0.429. The highest BCUT2D eigenvalue weighted by Gasteiger charge is 2.27. The van der Waals surface area contributed by atoms with Crippen molar-refractivity contribution in [3.05, 3.63) is 44.0 Å². The average molecular weight is 336 g/mol. The number of nitrogens with zero attached hydrogens (tertiary/aromatic N) is 3. The molecular formula is C14H16N4O6. The number of hydrogen-bond acceptors (Lipinski definition) is 6. The fourth-order valence-corrected chi connectivity index (χ4v) is 2.63. The summed E-state index contributed by atoms with van der Waals surface area (Å²) < 4.78 is 0. The third-order valence-electron chi connectivity index (χ3n) is 3.76. The van der Waals surface area contributed by atoms with Crippen molar-refractivity contribution in [2.75, 3.05) is 13.1 Å². The van der Waals surface area contributed by atoms with E-state index in [0.29, 0.717) is 25.9 Å². The first-order chi connectivity index (χ1) is 11.3. The Kier molecular flexibility index (Phi) is 5.07. The van der Waals surface area contributed by atoms with Crippen LogP contribution in [0.2, 0.25) is 0 Å². The van der Waals surface area contributed by atoms with Gasteiger partial charge in [0.2, 0.25) is 5.91 Å². The Morgan fingerprint density at radius 3 is 2.00 bits per heavy atom. The number of hydrogen-bond donors (Lipinski definition) is 1. The number of non-ortho nitro benzene ring substituents is 2. The van der Waals surface area contributed by atoms with Gasteiger partial charge in [0.15, 0.2) is 0 Å². The zero-order valence-electron chi connectivity index (χ0n) is 12.9. The molecule has 0 aliphatic carbocycles. The molecule has 0 aromatic heterocycles. The standard InChI is InChI=1S/C14H16N4O6/c1-9(19)15-11-2-4-16(5-3-11)14(20)10-6-12(17(21)22)8-13(7-10)18(23)24/h6-8,11H,2-5H2,1H3,(H,15,19). The highest BCUT2D eigenvalue weighted by atomic mass is 16.6. The van der Waals surface area contributed by atoms with Crippen LogP contribution in [0.4, 0.5) is 11.4 Å². The van der Waals surface area contributed by atoms with Gasteiger partial charge >= 0.3 is 0 Å². The molecule has 2 rings (SSSR count). The number of rotatable bonds is 4. The molecule has 1 N–H and O–H groups in total. The number of nitro benzene ring substituents is 2. The second kappa shape index (κ2) is 7.02. The Bertz CT molecular complexity index is 664. The van der Waals surface area contributed by atoms with E-state index in [1.54, 1.807) is 0 Å². The lowest BCUT2D eigenvalue weighted by Crippen LogP contribution is -2.46. The van der Waals surface area contributed by atoms with Gasteiger partial charge in [0.25, 0.3) is 17.3 Å². The van der Waals surface area contributed by atoms with Crippen molar-refractivity contribution in [1.82, 2.24) is 10.2 Å². The van der Waals surface area contributed by atoms with Crippen molar-refractivity contribution in [1.29, 1.82) is 0 Å². The zero-order valence-corrected chi connectivity index (χ0v) is 12.9. The van der Waals surface area contributed by atoms with Gasteiger partial charge in [-0.2, -0.15) is 0 Å². The molecule has 0 bridgehead atoms. The monoisotopic (exact) mass is 336 g/mol. The van der Waals surface area contributed by atoms with Crippen LogP contribution in [0.15, 0.2) is 18.2 Å². The molecule has 0 unspecified atom stereocenters. The number of carbonyl (C=O) groups excluding carboxylic acids is 2. The number of nitrogens with one attached hydrogen (secondary N) is 1. The van der Waals surface area contributed by atoms with Gasteiger partial charge in [0.1, 0.15) is 0 Å². The van der Waals surface area contributed by atoms with Gasteiger partial charge in [0, 0.05) is 38.2 Å². The highest BCUT2D eigenvalue weighted by molar-refractivity contribution is 5.95. The third-order valence-corrected chi connectivity index (χ3v) is 3.76. The number of benzene rings is 1. The molecule has 1 heterocycles. The number of nitro groups is 2. The lowest BCUT2D eigenvalue weighted by molar-refractivity contribution is -0.394. The summed E-state index contributed by atoms with van der Waals surface area (Å²) in [6.45, 7) is 2.14. The van der Waals surface area contributed by atoms with Gasteiger partial charge in [-0.1, -0.05) is 0 Å². The topological polar surface area (TPSA) is 136 Å². The lowest BCUT2D eigenvalue weighted by atomic mass is 10.0. The van der Waals surface area contributed by atoms with Crippen LogP contribution >= 0.6 is 0 Å². The van der Waals surface area contributed by atoms with E-state index in [1.165, 1.54) is 11.8 Å². The van der Waals surface area contributed by atoms with Crippen molar-refractivity contribution >= 4 is 23.2 Å². The highest BCUT2D eigenvalue weighted by Crippen LogP contribution is 2.24. The molecule has 128 valence electrons. The van der Waals surface area contributed by atoms with Crippen LogP contribution in [-0.2, 0) is 4.79 Å². The number of amides is 2. The summed E-state index contributed by atoms with van der Waals surface area (Å²) in [4.78, 5) is 45.2. The largest absolute Gasteiger partial charge is 0.353 e. The van der Waals surface area contributed by atoms with Crippen molar-refractivity contribution in [3.8, 4) is 0 Å². The van der Waals surface area contributed by atoms with E-state index in [1.807, 2.05) is 0 Å². The van der Waals surface area contributed by atoms with E-state index in [2.05, 4.69) is 5.32 Å². The predicted octanol–water partition coefficient (Wildman–Crippen LogP) is 1.24. The Labute approximate surface area is 136 Å². The van der Waals surface area contributed by atoms with Crippen LogP contribution in [0.25, 0.3) is 0 Å². The molecule has 1 aliphatic rings. The third kappa shape index (κ3) is 4.03. The van der Waals surface area contributed by atoms with Gasteiger partial charge < -0.3 is 10.2 Å². The number of likely N-dealkylation sites (tertiary alicyclic amines) is 1. The summed E-state index contributed by atoms with van der Waals surface area (Å²) in [5.41, 5.74) is -1.09. The molecule has 0 spiro atoms. The minimum absolute atomic E-state index is 0.0222. The van der Waals surface area contributed by atoms with Crippen LogP contribution in [-0.4, -0.2) is 45.7 Å². The Hall–Kier alpha value is -3.04. The zero-order chi connectivity index (χ0) is 17.9. The van der Waals surface area contributed by atoms with E-state index in [9.17, 15) is 29.8 Å². The summed E-state index contributed by atoms with van der Waals surface area (Å²) in [5.74, 6) is -0.642. The first kappa shape index (κ1) is 17.3. The van der Waals surface area contributed by atoms with E-state index in [-0.39, 0.29) is 17.5 Å². The minimum Gasteiger partial charge on any atom is -0.353 e. The van der Waals surface area contributed by atoms with Gasteiger partial charge in [-0.3, -0.25) is 29.8 Å². The van der Waals surface area contributed by atoms with Crippen LogP contribution in [0.3, 0.4) is 0 Å². The molecule has 1 aliphatic heterocycles. The van der Waals surface area contributed by atoms with Crippen LogP contribution in [0, 0.1) is 20.2 Å². The summed E-state index contributed by atoms with van der Waals surface area (Å²) in [6, 6.07) is 2.87. The van der Waals surface area contributed by atoms with Gasteiger partial charge in [-0.25, -0.2) is 0 Å². The average Bonchev–Trinajstić information content (AvgIpc) is 2.53. The van der Waals surface area contributed by atoms with Crippen molar-refractivity contribution < 1.29 is 19.4 Å². The second-order valence-corrected chi connectivity index (χ2v) is 5.52. The SMILES string of the molecule is CC(=O)NC1CCN(C(=O)c2cc([N+](=O)[O-])cc([N+](=O)[O-])c2)CC1. The molecule has 1 aromatic rings. The molecule has 0 saturated carbocycles. The molecule has 2 amide bonds. The molecule has 24 heavy (non-hydrogen) atoms. The molecule has 0 radical (unpaired) electrons. The quantitative estimate of drug-likeness (QED) is 0.649. The molecule has 1 aromatic carbocycles. The van der Waals surface area contributed by atoms with Crippen LogP contribution in [0.5, 0.6) is 0 Å². The Morgan fingerprint density at radius 2 is 1.58 bits per heavy atom. The Balaban J connectivity index is 2.16. The van der Waals surface area contributed by atoms with Crippen molar-refractivity contribution in [2.45, 2.75) is 25.8 Å². The van der Waals surface area contributed by atoms with Gasteiger partial charge in [0.05, 0.1) is 21.5 Å². The van der Waals surface area contributed by atoms with Crippen molar-refractivity contribution in [3.63, 3.8) is 0 Å². The van der Waals surface area contributed by atoms with Crippen LogP contribution < -0.4 is 5.32 Å². The number of piperidine rings is 1. The smallest absolute Gasteiger partial charge is 0.277 e. The predicted molar refractivity (Wildman–Crippen MR) is 82.5 cm³/mol. The van der Waals surface area contributed by atoms with Crippen molar-refractivity contribution in [2.24, 2.45) is 0 Å². The first-order valence-electron chi connectivity index (χ1n) is 7.28. The lowest BCUT2D eigenvalue weighted by Gasteiger charge is -2.32. The summed E-state index contributed by atoms with van der Waals surface area (Å²) in [7, 11) is 0. The minimum atomic E-state index is -0.771. The van der Waals surface area contributed by atoms with E-state index >= 15 is 0 Å². The molecule has 10 nitrogen and oxygen atoms in total. The molecular weight excluding hydrogens is 320 g/mol. The van der Waals surface area contributed by atoms with E-state index in [0.717, 1.165) is 18.2 Å². The summed E-state index contributed by atoms with van der Waals surface area (Å²) in [5, 5.41) is 24.6. The molecule has 1 saturated heterocycles. The normalized spacial score (nSPS) is 15.0. The number of carbonyl (C=O) groups is 2. The second-order valence-electron chi connectivity index (χ2n) is 5.52. The molecule has 1 fully saturated rings. The summed E-state index contributed by atoms with van der Waals surface area (Å²) >= 11 is 0. The van der Waals surface area contributed by atoms with Crippen LogP contribution in [0.1, 0.15) is 30.1 Å². The fourth-order valence-electron chi connectivity index (χ4n) is 2.63. The summed E-state index contributed by atoms with van der Waals surface area (Å²) in [6.07, 6.45) is 1.12. The molecule has 0 atom stereocenters. The van der Waals surface area contributed by atoms with E-state index in [4.69, 9.17) is 0 Å². The van der Waals surface area contributed by atoms with Gasteiger partial charge in [-0.05, 0) is 12.8 Å². The first-order valence-corrected chi connectivity index (χ1v) is 7.28. The van der Waals surface area contributed by atoms with Gasteiger partial charge in [-0.15, -0.1) is 0 Å². The van der Waals surface area contributed by atoms with E-state index < -0.39 is 27.1 Å². The maximum Gasteiger partial charge on any atom is 0.277 e. The Morgan fingerprint density at radius 1 is 1.08 bits per heavy atom. The maximum absolute atomic E-state index is 12.5. The molecule has 10 heteroatoms.